The number of piperidine rings is 1. The second-order valence-electron chi connectivity index (χ2n) is 10.2. The Bertz CT molecular complexity index is 1250. The van der Waals surface area contributed by atoms with Gasteiger partial charge in [-0.15, -0.1) is 0 Å². The summed E-state index contributed by atoms with van der Waals surface area (Å²) in [5.41, 5.74) is 1.12. The number of ketones is 1. The van der Waals surface area contributed by atoms with Gasteiger partial charge in [-0.2, -0.15) is 5.10 Å². The number of fused-ring (bicyclic) bond motifs is 1. The first-order valence-corrected chi connectivity index (χ1v) is 12.3. The number of carbonyl (C=O) groups excluding carboxylic acids is 2. The van der Waals surface area contributed by atoms with Crippen molar-refractivity contribution in [3.63, 3.8) is 0 Å². The molecule has 1 aromatic carbocycles. The lowest BCUT2D eigenvalue weighted by Gasteiger charge is -2.37. The standard InChI is InChI=1S/C27H35N5O4/c1-27(2,35)20-9-11-31(12-10-20)26(34)17-32-16-19-13-18(24(36-5)15-22(19)29-32)14-23(33)21-7-6-8-25(28-21)30(3)4/h6-8,13,15-16,20,35H,9-12,14,17H2,1-5H3. The zero-order chi connectivity index (χ0) is 26.0. The van der Waals surface area contributed by atoms with Crippen molar-refractivity contribution >= 4 is 28.4 Å². The normalized spacial score (nSPS) is 14.8. The summed E-state index contributed by atoms with van der Waals surface area (Å²) in [6.45, 7) is 5.07. The lowest BCUT2D eigenvalue weighted by molar-refractivity contribution is -0.134. The average Bonchev–Trinajstić information content (AvgIpc) is 3.23. The maximum Gasteiger partial charge on any atom is 0.244 e. The van der Waals surface area contributed by atoms with Crippen LogP contribution < -0.4 is 9.64 Å². The zero-order valence-electron chi connectivity index (χ0n) is 21.7. The van der Waals surface area contributed by atoms with Crippen LogP contribution in [0.5, 0.6) is 5.75 Å². The van der Waals surface area contributed by atoms with E-state index in [1.165, 1.54) is 0 Å². The van der Waals surface area contributed by atoms with E-state index in [9.17, 15) is 14.7 Å². The Morgan fingerprint density at radius 1 is 1.19 bits per heavy atom. The van der Waals surface area contributed by atoms with Gasteiger partial charge in [0.2, 0.25) is 5.91 Å². The predicted molar refractivity (Wildman–Crippen MR) is 138 cm³/mol. The van der Waals surface area contributed by atoms with Crippen LogP contribution in [0.1, 0.15) is 42.7 Å². The van der Waals surface area contributed by atoms with Crippen LogP contribution in [-0.2, 0) is 17.8 Å². The number of hydrogen-bond acceptors (Lipinski definition) is 7. The number of methoxy groups -OCH3 is 1. The fraction of sp³-hybridized carbons (Fsp3) is 0.481. The van der Waals surface area contributed by atoms with Gasteiger partial charge in [0.25, 0.3) is 0 Å². The monoisotopic (exact) mass is 493 g/mol. The molecule has 3 aromatic rings. The van der Waals surface area contributed by atoms with Gasteiger partial charge in [-0.3, -0.25) is 14.3 Å². The summed E-state index contributed by atoms with van der Waals surface area (Å²) in [6.07, 6.45) is 3.55. The largest absolute Gasteiger partial charge is 0.496 e. The first-order chi connectivity index (χ1) is 17.0. The number of carbonyl (C=O) groups is 2. The van der Waals surface area contributed by atoms with E-state index in [0.29, 0.717) is 30.0 Å². The van der Waals surface area contributed by atoms with E-state index in [2.05, 4.69) is 10.1 Å². The van der Waals surface area contributed by atoms with Crippen molar-refractivity contribution in [2.24, 2.45) is 5.92 Å². The molecule has 1 saturated heterocycles. The third kappa shape index (κ3) is 5.67. The first-order valence-electron chi connectivity index (χ1n) is 12.3. The highest BCUT2D eigenvalue weighted by Gasteiger charge is 2.32. The number of aromatic nitrogens is 3. The third-order valence-corrected chi connectivity index (χ3v) is 6.93. The Hall–Kier alpha value is -3.46. The fourth-order valence-electron chi connectivity index (χ4n) is 4.73. The van der Waals surface area contributed by atoms with Crippen molar-refractivity contribution in [1.82, 2.24) is 19.7 Å². The molecular weight excluding hydrogens is 458 g/mol. The molecule has 0 saturated carbocycles. The van der Waals surface area contributed by atoms with Gasteiger partial charge >= 0.3 is 0 Å². The van der Waals surface area contributed by atoms with Gasteiger partial charge in [-0.25, -0.2) is 4.98 Å². The maximum absolute atomic E-state index is 13.0. The number of Topliss-reactive ketones (excluding diaryl/α,β-unsaturated/α-hetero) is 1. The molecule has 1 fully saturated rings. The smallest absolute Gasteiger partial charge is 0.244 e. The van der Waals surface area contributed by atoms with Crippen molar-refractivity contribution in [2.45, 2.75) is 45.3 Å². The molecule has 0 radical (unpaired) electrons. The van der Waals surface area contributed by atoms with Crippen molar-refractivity contribution in [2.75, 3.05) is 39.2 Å². The minimum atomic E-state index is -0.724. The van der Waals surface area contributed by atoms with Gasteiger partial charge in [0.15, 0.2) is 5.78 Å². The number of pyridine rings is 1. The number of anilines is 1. The van der Waals surface area contributed by atoms with Crippen molar-refractivity contribution in [3.05, 3.63) is 47.8 Å². The Morgan fingerprint density at radius 3 is 2.56 bits per heavy atom. The topological polar surface area (TPSA) is 101 Å². The fourth-order valence-corrected chi connectivity index (χ4v) is 4.73. The van der Waals surface area contributed by atoms with Gasteiger partial charge in [0.1, 0.15) is 23.8 Å². The van der Waals surface area contributed by atoms with E-state index in [1.54, 1.807) is 23.9 Å². The Morgan fingerprint density at radius 2 is 1.92 bits per heavy atom. The summed E-state index contributed by atoms with van der Waals surface area (Å²) in [4.78, 5) is 34.0. The molecule has 1 N–H and O–H groups in total. The number of benzene rings is 1. The molecule has 192 valence electrons. The zero-order valence-corrected chi connectivity index (χ0v) is 21.7. The Labute approximate surface area is 211 Å². The van der Waals surface area contributed by atoms with Crippen LogP contribution in [0.15, 0.2) is 36.5 Å². The molecule has 4 rings (SSSR count). The van der Waals surface area contributed by atoms with Crippen LogP contribution in [-0.4, -0.2) is 76.4 Å². The molecule has 0 spiro atoms. The lowest BCUT2D eigenvalue weighted by atomic mass is 9.83. The van der Waals surface area contributed by atoms with Crippen molar-refractivity contribution in [1.29, 1.82) is 0 Å². The number of amides is 1. The van der Waals surface area contributed by atoms with E-state index < -0.39 is 5.60 Å². The second-order valence-corrected chi connectivity index (χ2v) is 10.2. The average molecular weight is 494 g/mol. The van der Waals surface area contributed by atoms with Crippen LogP contribution >= 0.6 is 0 Å². The SMILES string of the molecule is COc1cc2nn(CC(=O)N3CCC(C(C)(C)O)CC3)cc2cc1CC(=O)c1cccc(N(C)C)n1. The van der Waals surface area contributed by atoms with Gasteiger partial charge in [-0.05, 0) is 50.8 Å². The number of rotatable bonds is 8. The van der Waals surface area contributed by atoms with E-state index in [0.717, 1.165) is 29.6 Å². The third-order valence-electron chi connectivity index (χ3n) is 6.93. The molecule has 0 aliphatic carbocycles. The summed E-state index contributed by atoms with van der Waals surface area (Å²) in [5.74, 6) is 1.39. The molecule has 36 heavy (non-hydrogen) atoms. The van der Waals surface area contributed by atoms with Crippen LogP contribution in [0.2, 0.25) is 0 Å². The summed E-state index contributed by atoms with van der Waals surface area (Å²) in [7, 11) is 5.33. The number of likely N-dealkylation sites (tertiary alicyclic amines) is 1. The van der Waals surface area contributed by atoms with Crippen molar-refractivity contribution in [3.8, 4) is 5.75 Å². The van der Waals surface area contributed by atoms with E-state index in [4.69, 9.17) is 4.74 Å². The molecule has 9 nitrogen and oxygen atoms in total. The van der Waals surface area contributed by atoms with Crippen LogP contribution in [0.25, 0.3) is 10.9 Å². The Balaban J connectivity index is 1.48. The molecule has 3 heterocycles. The molecular formula is C27H35N5O4. The number of hydrogen-bond donors (Lipinski definition) is 1. The molecule has 0 bridgehead atoms. The van der Waals surface area contributed by atoms with Crippen LogP contribution in [0, 0.1) is 5.92 Å². The Kier molecular flexibility index (Phi) is 7.31. The summed E-state index contributed by atoms with van der Waals surface area (Å²) in [6, 6.07) is 9.09. The lowest BCUT2D eigenvalue weighted by Crippen LogP contribution is -2.45. The van der Waals surface area contributed by atoms with Gasteiger partial charge in [0, 0.05) is 56.8 Å². The highest BCUT2D eigenvalue weighted by atomic mass is 16.5. The van der Waals surface area contributed by atoms with Crippen molar-refractivity contribution < 1.29 is 19.4 Å². The quantitative estimate of drug-likeness (QED) is 0.482. The summed E-state index contributed by atoms with van der Waals surface area (Å²) in [5, 5.41) is 15.6. The highest BCUT2D eigenvalue weighted by molar-refractivity contribution is 5.97. The number of aliphatic hydroxyl groups is 1. The van der Waals surface area contributed by atoms with Crippen LogP contribution in [0.4, 0.5) is 5.82 Å². The van der Waals surface area contributed by atoms with E-state index in [-0.39, 0.29) is 30.6 Å². The first kappa shape index (κ1) is 25.6. The summed E-state index contributed by atoms with van der Waals surface area (Å²) < 4.78 is 7.19. The number of nitrogens with zero attached hydrogens (tertiary/aromatic N) is 5. The molecule has 1 aliphatic rings. The molecule has 2 aromatic heterocycles. The minimum absolute atomic E-state index is 0.00576. The van der Waals surface area contributed by atoms with Gasteiger partial charge in [0.05, 0.1) is 18.2 Å². The maximum atomic E-state index is 13.0. The van der Waals surface area contributed by atoms with Gasteiger partial charge in [-0.1, -0.05) is 6.07 Å². The van der Waals surface area contributed by atoms with E-state index in [1.807, 2.05) is 62.1 Å². The van der Waals surface area contributed by atoms with Crippen LogP contribution in [0.3, 0.4) is 0 Å². The molecule has 0 atom stereocenters. The number of ether oxygens (including phenoxy) is 1. The molecule has 1 amide bonds. The van der Waals surface area contributed by atoms with Gasteiger partial charge < -0.3 is 19.6 Å². The minimum Gasteiger partial charge on any atom is -0.496 e. The summed E-state index contributed by atoms with van der Waals surface area (Å²) >= 11 is 0. The second kappa shape index (κ2) is 10.3. The van der Waals surface area contributed by atoms with E-state index >= 15 is 0 Å². The predicted octanol–water partition coefficient (Wildman–Crippen LogP) is 2.94. The molecule has 0 unspecified atom stereocenters. The molecule has 1 aliphatic heterocycles. The highest BCUT2D eigenvalue weighted by Crippen LogP contribution is 2.29. The molecule has 9 heteroatoms.